The summed E-state index contributed by atoms with van der Waals surface area (Å²) in [6, 6.07) is 5.76. The largest absolute Gasteiger partial charge is 0.345 e. The highest BCUT2D eigenvalue weighted by Gasteiger charge is 2.09. The van der Waals surface area contributed by atoms with Crippen LogP contribution in [0.25, 0.3) is 0 Å². The van der Waals surface area contributed by atoms with Gasteiger partial charge in [0.25, 0.3) is 0 Å². The van der Waals surface area contributed by atoms with Crippen LogP contribution in [0.2, 0.25) is 5.02 Å². The lowest BCUT2D eigenvalue weighted by molar-refractivity contribution is 0.485. The van der Waals surface area contributed by atoms with E-state index in [9.17, 15) is 0 Å². The maximum Gasteiger partial charge on any atom is 0.173 e. The molecule has 1 aromatic carbocycles. The average Bonchev–Trinajstić information content (AvgIpc) is 2.31. The Kier molecular flexibility index (Phi) is 5.63. The zero-order valence-corrected chi connectivity index (χ0v) is 12.7. The smallest absolute Gasteiger partial charge is 0.173 e. The van der Waals surface area contributed by atoms with Gasteiger partial charge >= 0.3 is 0 Å². The number of anilines is 1. The Morgan fingerprint density at radius 2 is 2.17 bits per heavy atom. The van der Waals surface area contributed by atoms with Gasteiger partial charge in [-0.1, -0.05) is 29.8 Å². The zero-order valence-electron chi connectivity index (χ0n) is 11.1. The second-order valence-corrected chi connectivity index (χ2v) is 5.11. The van der Waals surface area contributed by atoms with Crippen molar-refractivity contribution in [2.24, 2.45) is 0 Å². The van der Waals surface area contributed by atoms with E-state index in [0.717, 1.165) is 34.9 Å². The Morgan fingerprint density at radius 1 is 1.50 bits per heavy atom. The summed E-state index contributed by atoms with van der Waals surface area (Å²) in [5.41, 5.74) is 3.05. The van der Waals surface area contributed by atoms with Gasteiger partial charge in [-0.05, 0) is 50.7 Å². The molecule has 0 aliphatic rings. The van der Waals surface area contributed by atoms with E-state index in [1.807, 2.05) is 32.0 Å². The van der Waals surface area contributed by atoms with E-state index < -0.39 is 0 Å². The predicted octanol–water partition coefficient (Wildman–Crippen LogP) is 4.24. The van der Waals surface area contributed by atoms with Crippen molar-refractivity contribution in [3.8, 4) is 0 Å². The van der Waals surface area contributed by atoms with Crippen molar-refractivity contribution < 1.29 is 0 Å². The topological polar surface area (TPSA) is 15.3 Å². The van der Waals surface area contributed by atoms with Crippen LogP contribution in [0.4, 0.5) is 5.69 Å². The lowest BCUT2D eigenvalue weighted by atomic mass is 10.2. The molecule has 0 atom stereocenters. The van der Waals surface area contributed by atoms with Crippen molar-refractivity contribution in [1.82, 2.24) is 4.90 Å². The summed E-state index contributed by atoms with van der Waals surface area (Å²) in [6.07, 6.45) is 0. The first kappa shape index (κ1) is 15.0. The van der Waals surface area contributed by atoms with Crippen LogP contribution >= 0.6 is 23.8 Å². The highest BCUT2D eigenvalue weighted by Crippen LogP contribution is 2.23. The zero-order chi connectivity index (χ0) is 13.7. The molecule has 0 bridgehead atoms. The average molecular weight is 283 g/mol. The minimum atomic E-state index is 0.700. The Morgan fingerprint density at radius 3 is 2.72 bits per heavy atom. The standard InChI is InChI=1S/C14H19ClN2S/c1-5-17(9-10(2)3)14(18)16-13-8-6-7-12(15)11(13)4/h6-8H,2,5,9H2,1,3-4H3,(H,16,18). The summed E-state index contributed by atoms with van der Waals surface area (Å²) < 4.78 is 0. The molecular weight excluding hydrogens is 264 g/mol. The quantitative estimate of drug-likeness (QED) is 0.657. The monoisotopic (exact) mass is 282 g/mol. The van der Waals surface area contributed by atoms with Crippen molar-refractivity contribution in [2.45, 2.75) is 20.8 Å². The van der Waals surface area contributed by atoms with E-state index in [2.05, 4.69) is 23.7 Å². The number of rotatable bonds is 4. The Bertz CT molecular complexity index is 457. The predicted molar refractivity (Wildman–Crippen MR) is 84.5 cm³/mol. The normalized spacial score (nSPS) is 10.0. The molecule has 0 aliphatic carbocycles. The summed E-state index contributed by atoms with van der Waals surface area (Å²) in [4.78, 5) is 2.07. The van der Waals surface area contributed by atoms with Gasteiger partial charge in [-0.2, -0.15) is 0 Å². The summed E-state index contributed by atoms with van der Waals surface area (Å²) in [5.74, 6) is 0. The van der Waals surface area contributed by atoms with Crippen LogP contribution in [0.15, 0.2) is 30.4 Å². The summed E-state index contributed by atoms with van der Waals surface area (Å²) in [7, 11) is 0. The van der Waals surface area contributed by atoms with Crippen LogP contribution in [0.5, 0.6) is 0 Å². The summed E-state index contributed by atoms with van der Waals surface area (Å²) >= 11 is 11.5. The molecule has 1 rings (SSSR count). The van der Waals surface area contributed by atoms with Crippen molar-refractivity contribution in [3.05, 3.63) is 40.9 Å². The number of nitrogens with one attached hydrogen (secondary N) is 1. The van der Waals surface area contributed by atoms with Crippen LogP contribution < -0.4 is 5.32 Å². The van der Waals surface area contributed by atoms with Crippen LogP contribution in [-0.2, 0) is 0 Å². The molecule has 4 heteroatoms. The van der Waals surface area contributed by atoms with Gasteiger partial charge < -0.3 is 10.2 Å². The molecule has 2 nitrogen and oxygen atoms in total. The first-order valence-corrected chi connectivity index (χ1v) is 6.69. The Balaban J connectivity index is 2.80. The van der Waals surface area contributed by atoms with E-state index in [0.29, 0.717) is 5.11 Å². The number of hydrogen-bond acceptors (Lipinski definition) is 1. The first-order chi connectivity index (χ1) is 8.45. The van der Waals surface area contributed by atoms with Crippen LogP contribution in [-0.4, -0.2) is 23.1 Å². The molecule has 0 spiro atoms. The molecule has 1 N–H and O–H groups in total. The molecule has 0 amide bonds. The summed E-state index contributed by atoms with van der Waals surface area (Å²) in [6.45, 7) is 11.6. The molecule has 0 heterocycles. The van der Waals surface area contributed by atoms with E-state index in [1.54, 1.807) is 0 Å². The number of thiocarbonyl (C=S) groups is 1. The number of nitrogens with zero attached hydrogens (tertiary/aromatic N) is 1. The van der Waals surface area contributed by atoms with Gasteiger partial charge in [0.15, 0.2) is 5.11 Å². The summed E-state index contributed by atoms with van der Waals surface area (Å²) in [5, 5.41) is 4.68. The van der Waals surface area contributed by atoms with Gasteiger partial charge in [-0.15, -0.1) is 0 Å². The van der Waals surface area contributed by atoms with E-state index in [-0.39, 0.29) is 0 Å². The van der Waals surface area contributed by atoms with Gasteiger partial charge in [-0.3, -0.25) is 0 Å². The number of likely N-dealkylation sites (N-methyl/N-ethyl adjacent to an activating group) is 1. The lowest BCUT2D eigenvalue weighted by Crippen LogP contribution is -2.35. The molecule has 0 unspecified atom stereocenters. The van der Waals surface area contributed by atoms with E-state index in [1.165, 1.54) is 0 Å². The third-order valence-corrected chi connectivity index (χ3v) is 3.41. The van der Waals surface area contributed by atoms with Crippen molar-refractivity contribution in [1.29, 1.82) is 0 Å². The molecule has 98 valence electrons. The molecule has 0 radical (unpaired) electrons. The van der Waals surface area contributed by atoms with Gasteiger partial charge in [-0.25, -0.2) is 0 Å². The molecule has 0 fully saturated rings. The highest BCUT2D eigenvalue weighted by molar-refractivity contribution is 7.80. The molecule has 0 saturated carbocycles. The maximum absolute atomic E-state index is 6.08. The van der Waals surface area contributed by atoms with Gasteiger partial charge in [0, 0.05) is 23.8 Å². The van der Waals surface area contributed by atoms with Crippen LogP contribution in [0, 0.1) is 6.92 Å². The molecule has 0 aliphatic heterocycles. The van der Waals surface area contributed by atoms with Gasteiger partial charge in [0.05, 0.1) is 0 Å². The molecule has 0 saturated heterocycles. The minimum Gasteiger partial charge on any atom is -0.345 e. The van der Waals surface area contributed by atoms with Crippen molar-refractivity contribution in [3.63, 3.8) is 0 Å². The second-order valence-electron chi connectivity index (χ2n) is 4.31. The number of hydrogen-bond donors (Lipinski definition) is 1. The van der Waals surface area contributed by atoms with Gasteiger partial charge in [0.1, 0.15) is 0 Å². The molecule has 0 aromatic heterocycles. The molecular formula is C14H19ClN2S. The maximum atomic E-state index is 6.08. The fourth-order valence-electron chi connectivity index (χ4n) is 1.59. The molecule has 1 aromatic rings. The SMILES string of the molecule is C=C(C)CN(CC)C(=S)Nc1cccc(Cl)c1C. The highest BCUT2D eigenvalue weighted by atomic mass is 35.5. The van der Waals surface area contributed by atoms with Crippen LogP contribution in [0.1, 0.15) is 19.4 Å². The third kappa shape index (κ3) is 4.00. The Labute approximate surface area is 120 Å². The van der Waals surface area contributed by atoms with Crippen molar-refractivity contribution in [2.75, 3.05) is 18.4 Å². The third-order valence-electron chi connectivity index (χ3n) is 2.64. The van der Waals surface area contributed by atoms with E-state index >= 15 is 0 Å². The fraction of sp³-hybridized carbons (Fsp3) is 0.357. The Hall–Kier alpha value is -1.06. The first-order valence-electron chi connectivity index (χ1n) is 5.91. The number of halogens is 1. The fourth-order valence-corrected chi connectivity index (χ4v) is 2.07. The second kappa shape index (κ2) is 6.76. The van der Waals surface area contributed by atoms with Crippen molar-refractivity contribution >= 4 is 34.6 Å². The van der Waals surface area contributed by atoms with Gasteiger partial charge in [0.2, 0.25) is 0 Å². The minimum absolute atomic E-state index is 0.700. The van der Waals surface area contributed by atoms with E-state index in [4.69, 9.17) is 23.8 Å². The molecule has 18 heavy (non-hydrogen) atoms. The van der Waals surface area contributed by atoms with Crippen LogP contribution in [0.3, 0.4) is 0 Å². The lowest BCUT2D eigenvalue weighted by Gasteiger charge is -2.25. The number of benzene rings is 1.